The first-order valence-corrected chi connectivity index (χ1v) is 12.0. The summed E-state index contributed by atoms with van der Waals surface area (Å²) in [6.45, 7) is 3.73. The summed E-state index contributed by atoms with van der Waals surface area (Å²) in [5, 5.41) is 9.23. The molecule has 0 saturated heterocycles. The minimum Gasteiger partial charge on any atom is -0.748 e. The van der Waals surface area contributed by atoms with E-state index in [1.54, 1.807) is 0 Å². The molecule has 6 heteroatoms. The van der Waals surface area contributed by atoms with Gasteiger partial charge in [0, 0.05) is 5.25 Å². The Morgan fingerprint density at radius 2 is 1.08 bits per heavy atom. The van der Waals surface area contributed by atoms with E-state index in [2.05, 4.69) is 6.92 Å². The Balaban J connectivity index is 0. The second kappa shape index (κ2) is 19.2. The quantitative estimate of drug-likeness (QED) is 0.218. The molecule has 0 aliphatic heterocycles. The molecule has 2 unspecified atom stereocenters. The van der Waals surface area contributed by atoms with Gasteiger partial charge in [0.05, 0.1) is 16.2 Å². The van der Waals surface area contributed by atoms with Crippen molar-refractivity contribution in [3.63, 3.8) is 0 Å². The zero-order chi connectivity index (χ0) is 19.0. The summed E-state index contributed by atoms with van der Waals surface area (Å²) in [7, 11) is -4.11. The van der Waals surface area contributed by atoms with Crippen LogP contribution in [-0.2, 0) is 10.1 Å². The van der Waals surface area contributed by atoms with Crippen LogP contribution in [0.25, 0.3) is 0 Å². The average molecular weight is 401 g/mol. The number of aliphatic hydroxyl groups is 1. The van der Waals surface area contributed by atoms with Gasteiger partial charge in [-0.05, 0) is 26.2 Å². The maximum absolute atomic E-state index is 10.8. The Labute approximate surface area is 185 Å². The molecule has 2 atom stereocenters. The van der Waals surface area contributed by atoms with Gasteiger partial charge in [-0.15, -0.1) is 0 Å². The van der Waals surface area contributed by atoms with Crippen LogP contribution in [0.3, 0.4) is 0 Å². The van der Waals surface area contributed by atoms with Crippen LogP contribution in [0.4, 0.5) is 0 Å². The number of aliphatic hydroxyl groups excluding tert-OH is 1. The molecule has 0 amide bonds. The molecule has 1 N–H and O–H groups in total. The molecule has 0 saturated carbocycles. The molecular weight excluding hydrogens is 359 g/mol. The van der Waals surface area contributed by atoms with Crippen LogP contribution < -0.4 is 29.6 Å². The second-order valence-electron chi connectivity index (χ2n) is 7.57. The summed E-state index contributed by atoms with van der Waals surface area (Å²) in [5.41, 5.74) is 0. The summed E-state index contributed by atoms with van der Waals surface area (Å²) >= 11 is 0. The van der Waals surface area contributed by atoms with Crippen LogP contribution in [-0.4, -0.2) is 29.4 Å². The number of unbranched alkanes of at least 4 members (excludes halogenated alkanes) is 11. The van der Waals surface area contributed by atoms with E-state index in [-0.39, 0.29) is 35.7 Å². The zero-order valence-electron chi connectivity index (χ0n) is 17.5. The van der Waals surface area contributed by atoms with E-state index >= 15 is 0 Å². The monoisotopic (exact) mass is 400 g/mol. The van der Waals surface area contributed by atoms with Gasteiger partial charge in [0.2, 0.25) is 0 Å². The van der Waals surface area contributed by atoms with Crippen LogP contribution in [0.2, 0.25) is 0 Å². The third-order valence-electron chi connectivity index (χ3n) is 5.03. The SMILES string of the molecule is CCCCCCCCCC(O)CCCCCCCCC(C)S(=O)(=O)[O-].[Na+]. The minimum atomic E-state index is -4.11. The Morgan fingerprint density at radius 3 is 1.46 bits per heavy atom. The van der Waals surface area contributed by atoms with Crippen molar-refractivity contribution in [2.24, 2.45) is 0 Å². The van der Waals surface area contributed by atoms with Crippen LogP contribution in [0.5, 0.6) is 0 Å². The number of hydrogen-bond acceptors (Lipinski definition) is 4. The summed E-state index contributed by atoms with van der Waals surface area (Å²) in [5.74, 6) is 0. The normalized spacial score (nSPS) is 14.0. The predicted molar refractivity (Wildman–Crippen MR) is 105 cm³/mol. The molecule has 0 aliphatic carbocycles. The Kier molecular flexibility index (Phi) is 21.5. The van der Waals surface area contributed by atoms with Crippen LogP contribution in [0.1, 0.15) is 117 Å². The van der Waals surface area contributed by atoms with Crippen LogP contribution in [0.15, 0.2) is 0 Å². The average Bonchev–Trinajstić information content (AvgIpc) is 2.55. The molecule has 0 aromatic carbocycles. The summed E-state index contributed by atoms with van der Waals surface area (Å²) in [6, 6.07) is 0. The van der Waals surface area contributed by atoms with Crippen molar-refractivity contribution < 1.29 is 47.6 Å². The van der Waals surface area contributed by atoms with E-state index in [9.17, 15) is 18.1 Å². The smallest absolute Gasteiger partial charge is 0.748 e. The van der Waals surface area contributed by atoms with Crippen molar-refractivity contribution in [3.05, 3.63) is 0 Å². The van der Waals surface area contributed by atoms with Crippen molar-refractivity contribution in [1.82, 2.24) is 0 Å². The maximum atomic E-state index is 10.8. The van der Waals surface area contributed by atoms with Crippen molar-refractivity contribution in [3.8, 4) is 0 Å². The van der Waals surface area contributed by atoms with Crippen molar-refractivity contribution in [1.29, 1.82) is 0 Å². The summed E-state index contributed by atoms with van der Waals surface area (Å²) in [4.78, 5) is 0. The topological polar surface area (TPSA) is 77.4 Å². The van der Waals surface area contributed by atoms with E-state index in [0.717, 1.165) is 57.8 Å². The molecule has 0 aromatic heterocycles. The summed E-state index contributed by atoms with van der Waals surface area (Å²) in [6.07, 6.45) is 17.4. The van der Waals surface area contributed by atoms with E-state index < -0.39 is 15.4 Å². The first-order valence-electron chi connectivity index (χ1n) is 10.5. The van der Waals surface area contributed by atoms with Gasteiger partial charge in [-0.2, -0.15) is 0 Å². The third kappa shape index (κ3) is 19.6. The van der Waals surface area contributed by atoms with Gasteiger partial charge in [-0.1, -0.05) is 90.4 Å². The van der Waals surface area contributed by atoms with Gasteiger partial charge in [-0.3, -0.25) is 0 Å². The fourth-order valence-corrected chi connectivity index (χ4v) is 3.60. The fourth-order valence-electron chi connectivity index (χ4n) is 3.14. The molecule has 26 heavy (non-hydrogen) atoms. The molecule has 0 rings (SSSR count). The molecule has 0 aliphatic rings. The van der Waals surface area contributed by atoms with Gasteiger partial charge in [-0.25, -0.2) is 8.42 Å². The molecule has 0 fully saturated rings. The van der Waals surface area contributed by atoms with E-state index in [1.807, 2.05) is 0 Å². The first-order chi connectivity index (χ1) is 11.9. The second-order valence-corrected chi connectivity index (χ2v) is 9.36. The molecule has 4 nitrogen and oxygen atoms in total. The molecule has 152 valence electrons. The summed E-state index contributed by atoms with van der Waals surface area (Å²) < 4.78 is 32.3. The zero-order valence-corrected chi connectivity index (χ0v) is 20.4. The third-order valence-corrected chi connectivity index (χ3v) is 6.25. The standard InChI is InChI=1S/C20H42O4S.Na/c1-3-4-5-6-7-11-14-17-20(21)18-15-12-9-8-10-13-16-19(2)25(22,23)24;/h19-21H,3-18H2,1-2H3,(H,22,23,24);/q;+1/p-1. The number of hydrogen-bond donors (Lipinski definition) is 1. The minimum absolute atomic E-state index is 0. The first kappa shape index (κ1) is 29.1. The van der Waals surface area contributed by atoms with Gasteiger partial charge in [0.15, 0.2) is 0 Å². The molecule has 0 heterocycles. The Hall–Kier alpha value is 0.870. The van der Waals surface area contributed by atoms with Gasteiger partial charge >= 0.3 is 29.6 Å². The van der Waals surface area contributed by atoms with Crippen molar-refractivity contribution in [2.75, 3.05) is 0 Å². The van der Waals surface area contributed by atoms with Crippen LogP contribution >= 0.6 is 0 Å². The molecule has 0 radical (unpaired) electrons. The fraction of sp³-hybridized carbons (Fsp3) is 1.00. The van der Waals surface area contributed by atoms with E-state index in [4.69, 9.17) is 0 Å². The van der Waals surface area contributed by atoms with Crippen molar-refractivity contribution >= 4 is 10.1 Å². The van der Waals surface area contributed by atoms with E-state index in [1.165, 1.54) is 45.4 Å². The molecule has 0 spiro atoms. The van der Waals surface area contributed by atoms with Gasteiger partial charge < -0.3 is 9.66 Å². The maximum Gasteiger partial charge on any atom is 1.00 e. The predicted octanol–water partition coefficient (Wildman–Crippen LogP) is 2.55. The van der Waals surface area contributed by atoms with Crippen molar-refractivity contribution in [2.45, 2.75) is 128 Å². The largest absolute Gasteiger partial charge is 1.00 e. The Bertz CT molecular complexity index is 387. The van der Waals surface area contributed by atoms with Gasteiger partial charge in [0.25, 0.3) is 0 Å². The Morgan fingerprint density at radius 1 is 0.731 bits per heavy atom. The molecular formula is C20H41NaO4S. The molecule has 0 bridgehead atoms. The van der Waals surface area contributed by atoms with Gasteiger partial charge in [0.1, 0.15) is 0 Å². The number of rotatable bonds is 18. The molecule has 0 aromatic rings. The van der Waals surface area contributed by atoms with E-state index in [0.29, 0.717) is 6.42 Å². The van der Waals surface area contributed by atoms with Crippen LogP contribution in [0, 0.1) is 0 Å².